The van der Waals surface area contributed by atoms with Crippen molar-refractivity contribution in [2.75, 3.05) is 18.0 Å². The first-order valence-electron chi connectivity index (χ1n) is 5.50. The van der Waals surface area contributed by atoms with Crippen LogP contribution in [0.1, 0.15) is 11.1 Å². The number of β-amino-alcohol motifs (C(OH)–C–C–N with tert-alkyl or cyclic N) is 2. The Morgan fingerprint density at radius 2 is 1.94 bits per heavy atom. The van der Waals surface area contributed by atoms with Gasteiger partial charge in [0.25, 0.3) is 0 Å². The van der Waals surface area contributed by atoms with E-state index in [0.29, 0.717) is 18.1 Å². The summed E-state index contributed by atoms with van der Waals surface area (Å²) in [6, 6.07) is 5.80. The van der Waals surface area contributed by atoms with Gasteiger partial charge in [-0.05, 0) is 24.6 Å². The smallest absolute Gasteiger partial charge is 0.106 e. The minimum Gasteiger partial charge on any atom is -0.389 e. The fourth-order valence-electron chi connectivity index (χ4n) is 2.08. The maximum atomic E-state index is 9.57. The highest BCUT2D eigenvalue weighted by Gasteiger charge is 2.30. The molecular weight excluding hydrogens is 236 g/mol. The minimum atomic E-state index is -0.713. The lowest BCUT2D eigenvalue weighted by atomic mass is 10.1. The van der Waals surface area contributed by atoms with Crippen molar-refractivity contribution in [3.05, 3.63) is 29.3 Å². The summed E-state index contributed by atoms with van der Waals surface area (Å²) in [5.41, 5.74) is 8.44. The molecule has 1 aliphatic rings. The van der Waals surface area contributed by atoms with Crippen molar-refractivity contribution in [2.24, 2.45) is 5.73 Å². The Balaban J connectivity index is 2.37. The number of thiocarbonyl (C=S) groups is 1. The van der Waals surface area contributed by atoms with Crippen molar-refractivity contribution in [3.63, 3.8) is 0 Å². The molecule has 0 aromatic heterocycles. The first kappa shape index (κ1) is 12.3. The number of hydrogen-bond acceptors (Lipinski definition) is 4. The van der Waals surface area contributed by atoms with Crippen molar-refractivity contribution in [1.29, 1.82) is 0 Å². The van der Waals surface area contributed by atoms with E-state index in [2.05, 4.69) is 0 Å². The fraction of sp³-hybridized carbons (Fsp3) is 0.417. The van der Waals surface area contributed by atoms with Crippen molar-refractivity contribution in [3.8, 4) is 0 Å². The lowest BCUT2D eigenvalue weighted by molar-refractivity contribution is 0.0572. The third-order valence-electron chi connectivity index (χ3n) is 3.02. The second-order valence-corrected chi connectivity index (χ2v) is 4.86. The molecule has 0 bridgehead atoms. The Kier molecular flexibility index (Phi) is 3.33. The average molecular weight is 252 g/mol. The molecular formula is C12H16N2O2S. The van der Waals surface area contributed by atoms with Gasteiger partial charge >= 0.3 is 0 Å². The number of nitrogens with zero attached hydrogens (tertiary/aromatic N) is 1. The predicted octanol–water partition coefficient (Wildman–Crippen LogP) is 0.171. The highest BCUT2D eigenvalue weighted by atomic mass is 32.1. The van der Waals surface area contributed by atoms with Crippen LogP contribution in [0.25, 0.3) is 0 Å². The molecule has 1 aliphatic heterocycles. The maximum absolute atomic E-state index is 9.57. The van der Waals surface area contributed by atoms with Gasteiger partial charge in [-0.25, -0.2) is 0 Å². The van der Waals surface area contributed by atoms with Gasteiger partial charge < -0.3 is 20.8 Å². The number of aryl methyl sites for hydroxylation is 1. The van der Waals surface area contributed by atoms with Crippen LogP contribution in [0.3, 0.4) is 0 Å². The number of anilines is 1. The molecule has 0 saturated carbocycles. The van der Waals surface area contributed by atoms with Gasteiger partial charge in [0.2, 0.25) is 0 Å². The number of hydrogen-bond donors (Lipinski definition) is 3. The zero-order valence-electron chi connectivity index (χ0n) is 9.63. The monoisotopic (exact) mass is 252 g/mol. The van der Waals surface area contributed by atoms with Crippen LogP contribution >= 0.6 is 12.2 Å². The number of rotatable bonds is 2. The second-order valence-electron chi connectivity index (χ2n) is 4.42. The molecule has 1 aromatic rings. The fourth-order valence-corrected chi connectivity index (χ4v) is 2.25. The standard InChI is InChI=1S/C12H16N2O2S/c1-7-2-3-8(12(13)17)9(4-7)14-5-10(15)11(16)6-14/h2-4,10-11,15-16H,5-6H2,1H3,(H2,13,17). The summed E-state index contributed by atoms with van der Waals surface area (Å²) in [6.45, 7) is 2.79. The van der Waals surface area contributed by atoms with E-state index in [9.17, 15) is 10.2 Å². The molecule has 2 rings (SSSR count). The largest absolute Gasteiger partial charge is 0.389 e. The van der Waals surface area contributed by atoms with Crippen LogP contribution in [0.15, 0.2) is 18.2 Å². The van der Waals surface area contributed by atoms with Crippen LogP contribution < -0.4 is 10.6 Å². The topological polar surface area (TPSA) is 69.7 Å². The van der Waals surface area contributed by atoms with E-state index in [-0.39, 0.29) is 0 Å². The van der Waals surface area contributed by atoms with Crippen LogP contribution in [0, 0.1) is 6.92 Å². The molecule has 5 heteroatoms. The van der Waals surface area contributed by atoms with Gasteiger partial charge in [0, 0.05) is 24.3 Å². The summed E-state index contributed by atoms with van der Waals surface area (Å²) in [6.07, 6.45) is -1.43. The van der Waals surface area contributed by atoms with Gasteiger partial charge in [-0.15, -0.1) is 0 Å². The molecule has 4 nitrogen and oxygen atoms in total. The zero-order chi connectivity index (χ0) is 12.6. The first-order chi connectivity index (χ1) is 7.99. The average Bonchev–Trinajstić information content (AvgIpc) is 2.58. The Hall–Kier alpha value is -1.17. The third-order valence-corrected chi connectivity index (χ3v) is 3.24. The zero-order valence-corrected chi connectivity index (χ0v) is 10.4. The van der Waals surface area contributed by atoms with E-state index in [1.807, 2.05) is 30.0 Å². The Labute approximate surface area is 106 Å². The minimum absolute atomic E-state index is 0.330. The van der Waals surface area contributed by atoms with Gasteiger partial charge in [-0.1, -0.05) is 18.3 Å². The van der Waals surface area contributed by atoms with E-state index >= 15 is 0 Å². The molecule has 2 atom stereocenters. The number of nitrogens with two attached hydrogens (primary N) is 1. The third kappa shape index (κ3) is 2.41. The Morgan fingerprint density at radius 1 is 1.35 bits per heavy atom. The quantitative estimate of drug-likeness (QED) is 0.655. The number of aliphatic hydroxyl groups is 2. The lowest BCUT2D eigenvalue weighted by Gasteiger charge is -2.21. The van der Waals surface area contributed by atoms with Gasteiger partial charge in [0.15, 0.2) is 0 Å². The number of benzene rings is 1. The van der Waals surface area contributed by atoms with Gasteiger partial charge in [-0.2, -0.15) is 0 Å². The Bertz CT molecular complexity index is 440. The van der Waals surface area contributed by atoms with E-state index in [1.54, 1.807) is 0 Å². The molecule has 1 aromatic carbocycles. The summed E-state index contributed by atoms with van der Waals surface area (Å²) in [5, 5.41) is 19.1. The molecule has 0 amide bonds. The van der Waals surface area contributed by atoms with Crippen LogP contribution in [0.5, 0.6) is 0 Å². The molecule has 1 saturated heterocycles. The van der Waals surface area contributed by atoms with Crippen LogP contribution in [0.2, 0.25) is 0 Å². The van der Waals surface area contributed by atoms with Crippen LogP contribution in [-0.4, -0.2) is 40.5 Å². The maximum Gasteiger partial charge on any atom is 0.106 e. The summed E-state index contributed by atoms with van der Waals surface area (Å²) in [4.78, 5) is 2.24. The van der Waals surface area contributed by atoms with Gasteiger partial charge in [0.1, 0.15) is 4.99 Å². The number of aliphatic hydroxyl groups excluding tert-OH is 2. The molecule has 1 heterocycles. The van der Waals surface area contributed by atoms with Crippen molar-refractivity contribution >= 4 is 22.9 Å². The molecule has 17 heavy (non-hydrogen) atoms. The summed E-state index contributed by atoms with van der Waals surface area (Å²) >= 11 is 5.01. The first-order valence-corrected chi connectivity index (χ1v) is 5.91. The molecule has 2 unspecified atom stereocenters. The van der Waals surface area contributed by atoms with E-state index in [1.165, 1.54) is 0 Å². The van der Waals surface area contributed by atoms with Gasteiger partial charge in [0.05, 0.1) is 12.2 Å². The van der Waals surface area contributed by atoms with E-state index < -0.39 is 12.2 Å². The summed E-state index contributed by atoms with van der Waals surface area (Å²) < 4.78 is 0. The van der Waals surface area contributed by atoms with Crippen LogP contribution in [0.4, 0.5) is 5.69 Å². The second kappa shape index (κ2) is 4.60. The van der Waals surface area contributed by atoms with Crippen molar-refractivity contribution < 1.29 is 10.2 Å². The molecule has 1 fully saturated rings. The lowest BCUT2D eigenvalue weighted by Crippen LogP contribution is -2.25. The van der Waals surface area contributed by atoms with Crippen LogP contribution in [-0.2, 0) is 0 Å². The molecule has 0 spiro atoms. The molecule has 0 aliphatic carbocycles. The van der Waals surface area contributed by atoms with Crippen molar-refractivity contribution in [2.45, 2.75) is 19.1 Å². The van der Waals surface area contributed by atoms with E-state index in [0.717, 1.165) is 16.8 Å². The molecule has 0 radical (unpaired) electrons. The Morgan fingerprint density at radius 3 is 2.47 bits per heavy atom. The van der Waals surface area contributed by atoms with Gasteiger partial charge in [-0.3, -0.25) is 0 Å². The predicted molar refractivity (Wildman–Crippen MR) is 71.3 cm³/mol. The summed E-state index contributed by atoms with van der Waals surface area (Å²) in [7, 11) is 0. The normalized spacial score (nSPS) is 24.1. The molecule has 92 valence electrons. The SMILES string of the molecule is Cc1ccc(C(N)=S)c(N2CC(O)C(O)C2)c1. The highest BCUT2D eigenvalue weighted by Crippen LogP contribution is 2.26. The molecule has 4 N–H and O–H groups in total. The van der Waals surface area contributed by atoms with Crippen molar-refractivity contribution in [1.82, 2.24) is 0 Å². The van der Waals surface area contributed by atoms with E-state index in [4.69, 9.17) is 18.0 Å². The summed E-state index contributed by atoms with van der Waals surface area (Å²) in [5.74, 6) is 0. The highest BCUT2D eigenvalue weighted by molar-refractivity contribution is 7.80.